The topological polar surface area (TPSA) is 84.0 Å². The summed E-state index contributed by atoms with van der Waals surface area (Å²) in [6.07, 6.45) is 0. The molecule has 2 aliphatic rings. The van der Waals surface area contributed by atoms with Crippen LogP contribution in [0.2, 0.25) is 25.7 Å². The van der Waals surface area contributed by atoms with Crippen LogP contribution in [0, 0.1) is 0 Å². The van der Waals surface area contributed by atoms with Gasteiger partial charge in [-0.25, -0.2) is 0 Å². The first kappa shape index (κ1) is 24.2. The van der Waals surface area contributed by atoms with E-state index in [0.717, 1.165) is 16.5 Å². The first-order chi connectivity index (χ1) is 16.2. The lowest BCUT2D eigenvalue weighted by atomic mass is 10.1. The van der Waals surface area contributed by atoms with Gasteiger partial charge >= 0.3 is 5.97 Å². The van der Waals surface area contributed by atoms with Crippen molar-refractivity contribution in [2.24, 2.45) is 0 Å². The fraction of sp³-hybridized carbons (Fsp3) is 0.360. The fourth-order valence-electron chi connectivity index (χ4n) is 4.04. The number of carbonyl (C=O) groups excluding carboxylic acids is 4. The minimum atomic E-state index is -1.37. The van der Waals surface area contributed by atoms with E-state index in [1.807, 2.05) is 30.3 Å². The molecule has 2 heterocycles. The third-order valence-corrected chi connectivity index (χ3v) is 8.95. The fourth-order valence-corrected chi connectivity index (χ4v) is 6.12. The number of carbonyl (C=O) groups is 4. The lowest BCUT2D eigenvalue weighted by Crippen LogP contribution is -2.56. The first-order valence-corrected chi connectivity index (χ1v) is 16.0. The molecule has 7 nitrogen and oxygen atoms in total. The summed E-state index contributed by atoms with van der Waals surface area (Å²) < 4.78 is 5.45. The van der Waals surface area contributed by atoms with Crippen LogP contribution in [0.15, 0.2) is 54.6 Å². The third kappa shape index (κ3) is 4.95. The van der Waals surface area contributed by atoms with Gasteiger partial charge in [0.2, 0.25) is 5.91 Å². The van der Waals surface area contributed by atoms with Crippen molar-refractivity contribution in [1.82, 2.24) is 9.80 Å². The largest absolute Gasteiger partial charge is 0.465 e. The molecule has 3 amide bonds. The Labute approximate surface area is 204 Å². The Bertz CT molecular complexity index is 1080. The minimum absolute atomic E-state index is 0.239. The van der Waals surface area contributed by atoms with Gasteiger partial charge in [0.1, 0.15) is 18.0 Å². The number of nitrogens with zero attached hydrogens (tertiary/aromatic N) is 2. The molecule has 0 saturated carbocycles. The average Bonchev–Trinajstić information content (AvgIpc) is 3.05. The van der Waals surface area contributed by atoms with Crippen LogP contribution in [0.5, 0.6) is 0 Å². The molecule has 0 aliphatic carbocycles. The predicted octanol–water partition coefficient (Wildman–Crippen LogP) is 3.81. The number of hydrogen-bond donors (Lipinski definition) is 0. The summed E-state index contributed by atoms with van der Waals surface area (Å²) in [4.78, 5) is 54.9. The highest BCUT2D eigenvalue weighted by atomic mass is 32.2. The van der Waals surface area contributed by atoms with Crippen molar-refractivity contribution in [3.63, 3.8) is 0 Å². The molecule has 34 heavy (non-hydrogen) atoms. The van der Waals surface area contributed by atoms with Gasteiger partial charge in [0.05, 0.1) is 17.7 Å². The summed E-state index contributed by atoms with van der Waals surface area (Å²) in [5.74, 6) is -1.61. The van der Waals surface area contributed by atoms with Crippen LogP contribution in [-0.4, -0.2) is 66.5 Å². The zero-order valence-electron chi connectivity index (χ0n) is 19.5. The van der Waals surface area contributed by atoms with E-state index in [1.54, 1.807) is 24.3 Å². The predicted molar refractivity (Wildman–Crippen MR) is 133 cm³/mol. The Kier molecular flexibility index (Phi) is 6.95. The van der Waals surface area contributed by atoms with Crippen LogP contribution in [0.1, 0.15) is 31.7 Å². The van der Waals surface area contributed by atoms with E-state index in [4.69, 9.17) is 4.74 Å². The number of rotatable bonds is 7. The van der Waals surface area contributed by atoms with Crippen LogP contribution in [-0.2, 0) is 14.3 Å². The number of benzene rings is 2. The van der Waals surface area contributed by atoms with E-state index in [9.17, 15) is 19.2 Å². The summed E-state index contributed by atoms with van der Waals surface area (Å²) in [7, 11) is -1.37. The molecule has 2 aromatic rings. The first-order valence-electron chi connectivity index (χ1n) is 11.3. The molecule has 0 bridgehead atoms. The van der Waals surface area contributed by atoms with E-state index in [-0.39, 0.29) is 12.3 Å². The second-order valence-electron chi connectivity index (χ2n) is 9.64. The van der Waals surface area contributed by atoms with Gasteiger partial charge in [-0.15, -0.1) is 11.8 Å². The van der Waals surface area contributed by atoms with Gasteiger partial charge in [-0.1, -0.05) is 62.1 Å². The summed E-state index contributed by atoms with van der Waals surface area (Å²) in [6, 6.07) is 15.9. The number of esters is 1. The SMILES string of the molecule is C[Si](C)(C)CCOC(=O)CN1C(=O)[C@@H](N2C(=O)c3ccccc3C2=O)CSC1c1ccccc1. The summed E-state index contributed by atoms with van der Waals surface area (Å²) in [5.41, 5.74) is 1.47. The molecule has 9 heteroatoms. The zero-order chi connectivity index (χ0) is 24.5. The van der Waals surface area contributed by atoms with Crippen LogP contribution in [0.4, 0.5) is 0 Å². The molecule has 0 N–H and O–H groups in total. The maximum atomic E-state index is 13.7. The highest BCUT2D eigenvalue weighted by Gasteiger charge is 2.48. The van der Waals surface area contributed by atoms with Crippen LogP contribution in [0.25, 0.3) is 0 Å². The van der Waals surface area contributed by atoms with Gasteiger partial charge < -0.3 is 9.64 Å². The smallest absolute Gasteiger partial charge is 0.325 e. The normalized spacial score (nSPS) is 20.5. The van der Waals surface area contributed by atoms with Gasteiger partial charge in [-0.3, -0.25) is 24.1 Å². The number of thioether (sulfide) groups is 1. The molecule has 0 spiro atoms. The van der Waals surface area contributed by atoms with E-state index < -0.39 is 43.2 Å². The van der Waals surface area contributed by atoms with Crippen molar-refractivity contribution >= 4 is 43.5 Å². The highest BCUT2D eigenvalue weighted by Crippen LogP contribution is 2.40. The molecule has 0 aromatic heterocycles. The summed E-state index contributed by atoms with van der Waals surface area (Å²) >= 11 is 1.43. The second kappa shape index (κ2) is 9.75. The molecule has 178 valence electrons. The number of fused-ring (bicyclic) bond motifs is 1. The Hall–Kier alpha value is -2.91. The summed E-state index contributed by atoms with van der Waals surface area (Å²) in [5, 5.41) is -0.412. The Morgan fingerprint density at radius 2 is 1.56 bits per heavy atom. The van der Waals surface area contributed by atoms with Crippen molar-refractivity contribution in [3.05, 3.63) is 71.3 Å². The molecule has 2 aliphatic heterocycles. The number of hydrogen-bond acceptors (Lipinski definition) is 6. The Morgan fingerprint density at radius 1 is 0.971 bits per heavy atom. The Morgan fingerprint density at radius 3 is 2.15 bits per heavy atom. The van der Waals surface area contributed by atoms with E-state index in [1.165, 1.54) is 16.7 Å². The number of ether oxygens (including phenoxy) is 1. The second-order valence-corrected chi connectivity index (χ2v) is 16.4. The van der Waals surface area contributed by atoms with Crippen molar-refractivity contribution in [3.8, 4) is 0 Å². The lowest BCUT2D eigenvalue weighted by molar-refractivity contribution is -0.150. The van der Waals surface area contributed by atoms with Gasteiger partial charge in [-0.05, 0) is 23.7 Å². The molecule has 0 radical (unpaired) electrons. The quantitative estimate of drug-likeness (QED) is 0.329. The molecule has 2 atom stereocenters. The van der Waals surface area contributed by atoms with Crippen LogP contribution in [0.3, 0.4) is 0 Å². The van der Waals surface area contributed by atoms with Crippen LogP contribution >= 0.6 is 11.8 Å². The number of imide groups is 1. The van der Waals surface area contributed by atoms with Gasteiger partial charge in [-0.2, -0.15) is 0 Å². The maximum Gasteiger partial charge on any atom is 0.325 e. The lowest BCUT2D eigenvalue weighted by Gasteiger charge is -2.40. The standard InChI is InChI=1S/C25H28N2O5SSi/c1-34(2,3)14-13-32-21(28)15-26-24(31)20(16-33-25(26)17-9-5-4-6-10-17)27-22(29)18-11-7-8-12-19(18)23(27)30/h4-12,20,25H,13-16H2,1-3H3/t20-,25?/m0/s1. The monoisotopic (exact) mass is 496 g/mol. The van der Waals surface area contributed by atoms with Gasteiger partial charge in [0, 0.05) is 13.8 Å². The van der Waals surface area contributed by atoms with Crippen LogP contribution < -0.4 is 0 Å². The number of amides is 3. The molecular formula is C25H28N2O5SSi. The molecule has 1 fully saturated rings. The minimum Gasteiger partial charge on any atom is -0.465 e. The van der Waals surface area contributed by atoms with Crippen molar-refractivity contribution in [1.29, 1.82) is 0 Å². The van der Waals surface area contributed by atoms with E-state index in [2.05, 4.69) is 19.6 Å². The molecule has 4 rings (SSSR count). The van der Waals surface area contributed by atoms with Crippen molar-refractivity contribution in [2.75, 3.05) is 18.9 Å². The average molecular weight is 497 g/mol. The maximum absolute atomic E-state index is 13.7. The van der Waals surface area contributed by atoms with Gasteiger partial charge in [0.15, 0.2) is 0 Å². The highest BCUT2D eigenvalue weighted by molar-refractivity contribution is 7.99. The van der Waals surface area contributed by atoms with Gasteiger partial charge in [0.25, 0.3) is 11.8 Å². The third-order valence-electron chi connectivity index (χ3n) is 5.90. The molecular weight excluding hydrogens is 468 g/mol. The molecule has 1 unspecified atom stereocenters. The summed E-state index contributed by atoms with van der Waals surface area (Å²) in [6.45, 7) is 6.68. The van der Waals surface area contributed by atoms with Crippen molar-refractivity contribution in [2.45, 2.75) is 37.1 Å². The Balaban J connectivity index is 1.56. The van der Waals surface area contributed by atoms with E-state index >= 15 is 0 Å². The molecule has 1 saturated heterocycles. The van der Waals surface area contributed by atoms with Crippen molar-refractivity contribution < 1.29 is 23.9 Å². The zero-order valence-corrected chi connectivity index (χ0v) is 21.3. The molecule has 2 aromatic carbocycles. The van der Waals surface area contributed by atoms with E-state index in [0.29, 0.717) is 17.7 Å².